The van der Waals surface area contributed by atoms with E-state index < -0.39 is 12.7 Å². The molecule has 1 atom stereocenters. The molecule has 2 aliphatic heterocycles. The number of guanidine groups is 1. The first-order valence-corrected chi connectivity index (χ1v) is 9.85. The van der Waals surface area contributed by atoms with Crippen LogP contribution in [0.5, 0.6) is 0 Å². The van der Waals surface area contributed by atoms with E-state index >= 15 is 0 Å². The number of fused-ring (bicyclic) bond motifs is 1. The maximum atomic E-state index is 12.5. The number of halogens is 3. The second-order valence-corrected chi connectivity index (χ2v) is 7.88. The molecule has 146 valence electrons. The number of nitrogens with one attached hydrogen (secondary N) is 2. The molecule has 0 aromatic carbocycles. The lowest BCUT2D eigenvalue weighted by atomic mass is 10.1. The van der Waals surface area contributed by atoms with Crippen LogP contribution in [0.4, 0.5) is 13.2 Å². The number of alkyl halides is 3. The van der Waals surface area contributed by atoms with Crippen molar-refractivity contribution in [2.75, 3.05) is 46.3 Å². The van der Waals surface area contributed by atoms with Gasteiger partial charge in [-0.25, -0.2) is 0 Å². The van der Waals surface area contributed by atoms with E-state index in [4.69, 9.17) is 0 Å². The summed E-state index contributed by atoms with van der Waals surface area (Å²) in [4.78, 5) is 9.55. The van der Waals surface area contributed by atoms with Gasteiger partial charge in [0.1, 0.15) is 0 Å². The van der Waals surface area contributed by atoms with Gasteiger partial charge in [-0.3, -0.25) is 14.8 Å². The third-order valence-corrected chi connectivity index (χ3v) is 5.87. The summed E-state index contributed by atoms with van der Waals surface area (Å²) in [5.74, 6) is 0.664. The minimum absolute atomic E-state index is 0.00639. The summed E-state index contributed by atoms with van der Waals surface area (Å²) >= 11 is 1.84. The van der Waals surface area contributed by atoms with Gasteiger partial charge in [-0.1, -0.05) is 0 Å². The largest absolute Gasteiger partial charge is 0.401 e. The zero-order chi connectivity index (χ0) is 18.6. The quantitative estimate of drug-likeness (QED) is 0.596. The lowest BCUT2D eigenvalue weighted by molar-refractivity contribution is -0.143. The van der Waals surface area contributed by atoms with Crippen LogP contribution in [0.15, 0.2) is 16.4 Å². The Hall–Kier alpha value is -1.32. The highest BCUT2D eigenvalue weighted by atomic mass is 32.1. The number of likely N-dealkylation sites (tertiary alicyclic amines) is 1. The molecule has 0 spiro atoms. The summed E-state index contributed by atoms with van der Waals surface area (Å²) in [7, 11) is 1.69. The Kier molecular flexibility index (Phi) is 6.42. The normalized spacial score (nSPS) is 22.5. The molecule has 0 bridgehead atoms. The van der Waals surface area contributed by atoms with Crippen LogP contribution in [0.1, 0.15) is 16.9 Å². The molecule has 1 unspecified atom stereocenters. The second kappa shape index (κ2) is 8.58. The minimum atomic E-state index is -4.13. The highest BCUT2D eigenvalue weighted by Gasteiger charge is 2.34. The van der Waals surface area contributed by atoms with E-state index in [1.165, 1.54) is 15.3 Å². The molecule has 9 heteroatoms. The number of hydrogen-bond acceptors (Lipinski definition) is 4. The summed E-state index contributed by atoms with van der Waals surface area (Å²) in [6.07, 6.45) is -2.33. The molecule has 26 heavy (non-hydrogen) atoms. The Morgan fingerprint density at radius 1 is 1.35 bits per heavy atom. The minimum Gasteiger partial charge on any atom is -0.355 e. The zero-order valence-corrected chi connectivity index (χ0v) is 15.8. The van der Waals surface area contributed by atoms with Gasteiger partial charge < -0.3 is 10.6 Å². The van der Waals surface area contributed by atoms with Gasteiger partial charge in [0.25, 0.3) is 0 Å². The monoisotopic (exact) mass is 389 g/mol. The van der Waals surface area contributed by atoms with Gasteiger partial charge in [-0.15, -0.1) is 11.3 Å². The number of aliphatic imine (C=N–C) groups is 1. The van der Waals surface area contributed by atoms with Gasteiger partial charge in [0, 0.05) is 57.2 Å². The Bertz CT molecular complexity index is 616. The van der Waals surface area contributed by atoms with Crippen LogP contribution in [-0.4, -0.2) is 74.3 Å². The topological polar surface area (TPSA) is 42.9 Å². The van der Waals surface area contributed by atoms with E-state index in [1.807, 2.05) is 11.3 Å². The molecule has 5 nitrogen and oxygen atoms in total. The predicted molar refractivity (Wildman–Crippen MR) is 98.7 cm³/mol. The Morgan fingerprint density at radius 2 is 2.19 bits per heavy atom. The van der Waals surface area contributed by atoms with E-state index in [1.54, 1.807) is 7.05 Å². The lowest BCUT2D eigenvalue weighted by Crippen LogP contribution is -2.47. The van der Waals surface area contributed by atoms with Crippen LogP contribution in [0.3, 0.4) is 0 Å². The molecule has 3 rings (SSSR count). The Labute approximate surface area is 156 Å². The van der Waals surface area contributed by atoms with Crippen molar-refractivity contribution in [1.82, 2.24) is 20.4 Å². The average molecular weight is 389 g/mol. The van der Waals surface area contributed by atoms with Crippen molar-refractivity contribution in [3.63, 3.8) is 0 Å². The maximum Gasteiger partial charge on any atom is 0.401 e. The van der Waals surface area contributed by atoms with Crippen LogP contribution in [0.2, 0.25) is 0 Å². The van der Waals surface area contributed by atoms with E-state index in [0.29, 0.717) is 25.5 Å². The third kappa shape index (κ3) is 5.59. The Balaban J connectivity index is 1.37. The molecule has 1 saturated heterocycles. The average Bonchev–Trinajstić information content (AvgIpc) is 3.21. The molecule has 2 aliphatic rings. The molecule has 1 aromatic heterocycles. The van der Waals surface area contributed by atoms with Crippen molar-refractivity contribution in [3.05, 3.63) is 21.9 Å². The summed E-state index contributed by atoms with van der Waals surface area (Å²) in [5, 5.41) is 8.68. The maximum absolute atomic E-state index is 12.5. The molecule has 2 N–H and O–H groups in total. The van der Waals surface area contributed by atoms with Crippen molar-refractivity contribution in [3.8, 4) is 0 Å². The van der Waals surface area contributed by atoms with Crippen LogP contribution in [0, 0.1) is 0 Å². The summed E-state index contributed by atoms with van der Waals surface area (Å²) in [6.45, 7) is 3.76. The fourth-order valence-electron chi connectivity index (χ4n) is 3.57. The molecular formula is C17H26F3N5S. The molecular weight excluding hydrogens is 363 g/mol. The molecule has 0 radical (unpaired) electrons. The van der Waals surface area contributed by atoms with Crippen molar-refractivity contribution in [2.24, 2.45) is 4.99 Å². The van der Waals surface area contributed by atoms with Crippen LogP contribution >= 0.6 is 11.3 Å². The first kappa shape index (κ1) is 19.4. The first-order chi connectivity index (χ1) is 12.4. The molecule has 0 saturated carbocycles. The van der Waals surface area contributed by atoms with Crippen LogP contribution < -0.4 is 10.6 Å². The van der Waals surface area contributed by atoms with Gasteiger partial charge in [0.15, 0.2) is 5.96 Å². The highest BCUT2D eigenvalue weighted by Crippen LogP contribution is 2.23. The number of thiophene rings is 1. The fourth-order valence-corrected chi connectivity index (χ4v) is 4.46. The van der Waals surface area contributed by atoms with Gasteiger partial charge in [0.05, 0.1) is 6.54 Å². The molecule has 0 aliphatic carbocycles. The number of hydrogen-bond donors (Lipinski definition) is 2. The number of rotatable bonds is 5. The molecule has 1 aromatic rings. The van der Waals surface area contributed by atoms with Gasteiger partial charge >= 0.3 is 6.18 Å². The summed E-state index contributed by atoms with van der Waals surface area (Å²) in [5.41, 5.74) is 1.43. The SMILES string of the molecule is CN=C(NCCN1CCc2sccc2C1)NC1CCN(CC(F)(F)F)C1. The summed E-state index contributed by atoms with van der Waals surface area (Å²) < 4.78 is 37.4. The molecule has 3 heterocycles. The fraction of sp³-hybridized carbons (Fsp3) is 0.706. The standard InChI is InChI=1S/C17H26F3N5S/c1-21-16(23-14-2-6-25(11-14)12-17(18,19)20)22-5-8-24-7-3-15-13(10-24)4-9-26-15/h4,9,14H,2-3,5-8,10-12H2,1H3,(H2,21,22,23). The van der Waals surface area contributed by atoms with E-state index in [0.717, 1.165) is 32.6 Å². The predicted octanol–water partition coefficient (Wildman–Crippen LogP) is 1.91. The van der Waals surface area contributed by atoms with Gasteiger partial charge in [-0.2, -0.15) is 13.2 Å². The van der Waals surface area contributed by atoms with E-state index in [2.05, 4.69) is 32.0 Å². The lowest BCUT2D eigenvalue weighted by Gasteiger charge is -2.27. The zero-order valence-electron chi connectivity index (χ0n) is 15.0. The first-order valence-electron chi connectivity index (χ1n) is 8.97. The van der Waals surface area contributed by atoms with Crippen LogP contribution in [-0.2, 0) is 13.0 Å². The van der Waals surface area contributed by atoms with Crippen molar-refractivity contribution in [1.29, 1.82) is 0 Å². The Morgan fingerprint density at radius 3 is 2.96 bits per heavy atom. The molecule has 0 amide bonds. The molecule has 1 fully saturated rings. The third-order valence-electron chi connectivity index (χ3n) is 4.85. The summed E-state index contributed by atoms with van der Waals surface area (Å²) in [6, 6.07) is 2.21. The van der Waals surface area contributed by atoms with Crippen molar-refractivity contribution >= 4 is 17.3 Å². The van der Waals surface area contributed by atoms with Crippen molar-refractivity contribution in [2.45, 2.75) is 31.6 Å². The van der Waals surface area contributed by atoms with Gasteiger partial charge in [0.2, 0.25) is 0 Å². The second-order valence-electron chi connectivity index (χ2n) is 6.87. The number of nitrogens with zero attached hydrogens (tertiary/aromatic N) is 3. The van der Waals surface area contributed by atoms with Crippen LogP contribution in [0.25, 0.3) is 0 Å². The smallest absolute Gasteiger partial charge is 0.355 e. The van der Waals surface area contributed by atoms with Crippen molar-refractivity contribution < 1.29 is 13.2 Å². The van der Waals surface area contributed by atoms with E-state index in [9.17, 15) is 13.2 Å². The highest BCUT2D eigenvalue weighted by molar-refractivity contribution is 7.10. The van der Waals surface area contributed by atoms with Gasteiger partial charge in [-0.05, 0) is 29.9 Å². The van der Waals surface area contributed by atoms with E-state index in [-0.39, 0.29) is 6.04 Å².